The van der Waals surface area contributed by atoms with Gasteiger partial charge in [0, 0.05) is 19.3 Å². The summed E-state index contributed by atoms with van der Waals surface area (Å²) in [5, 5.41) is 3.17. The summed E-state index contributed by atoms with van der Waals surface area (Å²) in [6, 6.07) is 3.74. The Morgan fingerprint density at radius 3 is 2.70 bits per heavy atom. The molecule has 1 fully saturated rings. The van der Waals surface area contributed by atoms with E-state index in [0.29, 0.717) is 39.3 Å². The molecule has 1 saturated heterocycles. The van der Waals surface area contributed by atoms with Gasteiger partial charge < -0.3 is 5.32 Å². The third-order valence-corrected chi connectivity index (χ3v) is 6.44. The van der Waals surface area contributed by atoms with Crippen LogP contribution in [0.15, 0.2) is 28.0 Å². The molecule has 1 aliphatic rings. The van der Waals surface area contributed by atoms with Crippen molar-refractivity contribution in [2.45, 2.75) is 52.9 Å². The maximum atomic E-state index is 13.2. The van der Waals surface area contributed by atoms with E-state index in [-0.39, 0.29) is 11.5 Å². The molecule has 0 bridgehead atoms. The number of aryl methyl sites for hydroxylation is 1. The van der Waals surface area contributed by atoms with Crippen molar-refractivity contribution in [1.29, 1.82) is 0 Å². The summed E-state index contributed by atoms with van der Waals surface area (Å²) in [6.07, 6.45) is 8.93. The Labute approximate surface area is 186 Å². The molecule has 1 N–H and O–H groups in total. The molecule has 6 nitrogen and oxygen atoms in total. The fraction of sp³-hybridized carbons (Fsp3) is 0.455. The number of anilines is 1. The smallest absolute Gasteiger partial charge is 0.267 e. The van der Waals surface area contributed by atoms with E-state index >= 15 is 0 Å². The highest BCUT2D eigenvalue weighted by Crippen LogP contribution is 2.33. The molecule has 1 amide bonds. The molecule has 2 aromatic heterocycles. The van der Waals surface area contributed by atoms with Crippen LogP contribution in [-0.2, 0) is 4.79 Å². The molecule has 0 aromatic carbocycles. The molecule has 160 valence electrons. The predicted molar refractivity (Wildman–Crippen MR) is 129 cm³/mol. The standard InChI is InChI=1S/C22H28N4O2S2/c1-4-6-7-8-9-12-26-21(28)17(30-22(26)29)14-16-18(23-5-2)24-19-15(3)11-10-13-25(19)20(16)27/h10-11,13-14,23H,4-9,12H2,1-3H3/b17-14+. The Hall–Kier alpha value is -2.19. The van der Waals surface area contributed by atoms with E-state index in [0.717, 1.165) is 18.4 Å². The quantitative estimate of drug-likeness (QED) is 0.346. The first-order chi connectivity index (χ1) is 14.5. The fourth-order valence-corrected chi connectivity index (χ4v) is 4.73. The number of carbonyl (C=O) groups is 1. The summed E-state index contributed by atoms with van der Waals surface area (Å²) >= 11 is 6.69. The van der Waals surface area contributed by atoms with E-state index in [9.17, 15) is 9.59 Å². The number of amides is 1. The molecular formula is C22H28N4O2S2. The Balaban J connectivity index is 1.91. The predicted octanol–water partition coefficient (Wildman–Crippen LogP) is 4.61. The summed E-state index contributed by atoms with van der Waals surface area (Å²) < 4.78 is 2.08. The first-order valence-electron chi connectivity index (χ1n) is 10.5. The van der Waals surface area contributed by atoms with Gasteiger partial charge in [0.1, 0.15) is 15.8 Å². The zero-order chi connectivity index (χ0) is 21.7. The van der Waals surface area contributed by atoms with E-state index in [1.54, 1.807) is 17.2 Å². The van der Waals surface area contributed by atoms with Crippen LogP contribution >= 0.6 is 24.0 Å². The van der Waals surface area contributed by atoms with Crippen molar-refractivity contribution in [3.05, 3.63) is 44.7 Å². The van der Waals surface area contributed by atoms with Crippen molar-refractivity contribution < 1.29 is 4.79 Å². The van der Waals surface area contributed by atoms with Crippen molar-refractivity contribution in [3.63, 3.8) is 0 Å². The van der Waals surface area contributed by atoms with Crippen molar-refractivity contribution >= 4 is 51.7 Å². The second-order valence-corrected chi connectivity index (χ2v) is 9.02. The third kappa shape index (κ3) is 4.75. The lowest BCUT2D eigenvalue weighted by molar-refractivity contribution is -0.122. The van der Waals surface area contributed by atoms with Gasteiger partial charge in [0.2, 0.25) is 0 Å². The largest absolute Gasteiger partial charge is 0.370 e. The third-order valence-electron chi connectivity index (χ3n) is 5.06. The monoisotopic (exact) mass is 444 g/mol. The number of unbranched alkanes of at least 4 members (excludes halogenated alkanes) is 4. The van der Waals surface area contributed by atoms with Crippen LogP contribution in [0.25, 0.3) is 11.7 Å². The highest BCUT2D eigenvalue weighted by atomic mass is 32.2. The van der Waals surface area contributed by atoms with Crippen molar-refractivity contribution in [3.8, 4) is 0 Å². The average Bonchev–Trinajstić information content (AvgIpc) is 2.99. The minimum atomic E-state index is -0.204. The topological polar surface area (TPSA) is 66.7 Å². The van der Waals surface area contributed by atoms with Crippen molar-refractivity contribution in [1.82, 2.24) is 14.3 Å². The average molecular weight is 445 g/mol. The van der Waals surface area contributed by atoms with Gasteiger partial charge in [-0.1, -0.05) is 62.7 Å². The number of thiocarbonyl (C=S) groups is 1. The van der Waals surface area contributed by atoms with Crippen LogP contribution in [-0.4, -0.2) is 37.6 Å². The number of hydrogen-bond donors (Lipinski definition) is 1. The number of thioether (sulfide) groups is 1. The van der Waals surface area contributed by atoms with Crippen LogP contribution in [0.5, 0.6) is 0 Å². The second kappa shape index (κ2) is 10.2. The van der Waals surface area contributed by atoms with Gasteiger partial charge in [0.15, 0.2) is 0 Å². The zero-order valence-corrected chi connectivity index (χ0v) is 19.4. The summed E-state index contributed by atoms with van der Waals surface area (Å²) in [5.74, 6) is 0.360. The molecule has 8 heteroatoms. The van der Waals surface area contributed by atoms with Gasteiger partial charge in [0.25, 0.3) is 11.5 Å². The highest BCUT2D eigenvalue weighted by molar-refractivity contribution is 8.26. The number of carbonyl (C=O) groups excluding carboxylic acids is 1. The summed E-state index contributed by atoms with van der Waals surface area (Å²) in [5.41, 5.74) is 1.69. The van der Waals surface area contributed by atoms with Crippen molar-refractivity contribution in [2.75, 3.05) is 18.4 Å². The maximum absolute atomic E-state index is 13.2. The van der Waals surface area contributed by atoms with E-state index in [2.05, 4.69) is 17.2 Å². The Morgan fingerprint density at radius 1 is 1.20 bits per heavy atom. The number of fused-ring (bicyclic) bond motifs is 1. The van der Waals surface area contributed by atoms with Gasteiger partial charge in [0.05, 0.1) is 10.5 Å². The number of pyridine rings is 1. The van der Waals surface area contributed by atoms with E-state index < -0.39 is 0 Å². The molecular weight excluding hydrogens is 416 g/mol. The van der Waals surface area contributed by atoms with Gasteiger partial charge in [-0.25, -0.2) is 4.98 Å². The molecule has 30 heavy (non-hydrogen) atoms. The van der Waals surface area contributed by atoms with Gasteiger partial charge in [-0.15, -0.1) is 0 Å². The number of aromatic nitrogens is 2. The summed E-state index contributed by atoms with van der Waals surface area (Å²) in [4.78, 5) is 32.9. The Kier molecular flexibility index (Phi) is 7.66. The van der Waals surface area contributed by atoms with E-state index in [1.165, 1.54) is 35.4 Å². The minimum absolute atomic E-state index is 0.128. The SMILES string of the molecule is CCCCCCCN1C(=O)/C(=C\c2c(NCC)nc3c(C)cccn3c2=O)SC1=S. The molecule has 0 aliphatic carbocycles. The Bertz CT molecular complexity index is 1050. The molecule has 2 aromatic rings. The molecule has 1 aliphatic heterocycles. The first-order valence-corrected chi connectivity index (χ1v) is 11.7. The van der Waals surface area contributed by atoms with Crippen LogP contribution in [0.1, 0.15) is 57.1 Å². The normalized spacial score (nSPS) is 15.6. The van der Waals surface area contributed by atoms with Gasteiger partial charge in [-0.3, -0.25) is 18.9 Å². The molecule has 0 spiro atoms. The molecule has 3 rings (SSSR count). The lowest BCUT2D eigenvalue weighted by atomic mass is 10.1. The molecule has 0 radical (unpaired) electrons. The van der Waals surface area contributed by atoms with Crippen molar-refractivity contribution in [2.24, 2.45) is 0 Å². The maximum Gasteiger partial charge on any atom is 0.267 e. The second-order valence-electron chi connectivity index (χ2n) is 7.34. The van der Waals surface area contributed by atoms with Gasteiger partial charge in [-0.05, 0) is 38.0 Å². The molecule has 0 saturated carbocycles. The molecule has 0 unspecified atom stereocenters. The number of nitrogens with zero attached hydrogens (tertiary/aromatic N) is 3. The fourth-order valence-electron chi connectivity index (χ4n) is 3.44. The van der Waals surface area contributed by atoms with E-state index in [1.807, 2.05) is 26.0 Å². The van der Waals surface area contributed by atoms with Crippen LogP contribution in [0.3, 0.4) is 0 Å². The zero-order valence-electron chi connectivity index (χ0n) is 17.7. The van der Waals surface area contributed by atoms with Crippen LogP contribution < -0.4 is 10.9 Å². The summed E-state index contributed by atoms with van der Waals surface area (Å²) in [6.45, 7) is 7.29. The van der Waals surface area contributed by atoms with Crippen LogP contribution in [0.4, 0.5) is 5.82 Å². The Morgan fingerprint density at radius 2 is 1.97 bits per heavy atom. The number of rotatable bonds is 9. The van der Waals surface area contributed by atoms with Crippen LogP contribution in [0, 0.1) is 6.92 Å². The highest BCUT2D eigenvalue weighted by Gasteiger charge is 2.32. The van der Waals surface area contributed by atoms with Gasteiger partial charge >= 0.3 is 0 Å². The number of nitrogens with one attached hydrogen (secondary N) is 1. The molecule has 3 heterocycles. The van der Waals surface area contributed by atoms with E-state index in [4.69, 9.17) is 12.2 Å². The van der Waals surface area contributed by atoms with Gasteiger partial charge in [-0.2, -0.15) is 0 Å². The van der Waals surface area contributed by atoms with Crippen LogP contribution in [0.2, 0.25) is 0 Å². The lowest BCUT2D eigenvalue weighted by Crippen LogP contribution is -2.29. The lowest BCUT2D eigenvalue weighted by Gasteiger charge is -2.14. The first kappa shape index (κ1) is 22.5. The number of hydrogen-bond acceptors (Lipinski definition) is 6. The molecule has 0 atom stereocenters. The summed E-state index contributed by atoms with van der Waals surface area (Å²) in [7, 11) is 0. The minimum Gasteiger partial charge on any atom is -0.370 e.